The lowest BCUT2D eigenvalue weighted by Crippen LogP contribution is -2.24. The van der Waals surface area contributed by atoms with Crippen LogP contribution in [0.1, 0.15) is 27.3 Å². The molecule has 0 radical (unpaired) electrons. The van der Waals surface area contributed by atoms with Crippen molar-refractivity contribution in [1.82, 2.24) is 15.1 Å². The Morgan fingerprint density at radius 1 is 1.08 bits per heavy atom. The van der Waals surface area contributed by atoms with Gasteiger partial charge in [-0.2, -0.15) is 5.10 Å². The minimum atomic E-state index is -0.136. The zero-order chi connectivity index (χ0) is 17.8. The Kier molecular flexibility index (Phi) is 4.84. The van der Waals surface area contributed by atoms with Gasteiger partial charge in [0, 0.05) is 12.1 Å². The molecule has 0 saturated carbocycles. The van der Waals surface area contributed by atoms with Gasteiger partial charge in [-0.25, -0.2) is 4.68 Å². The number of aryl methyl sites for hydroxylation is 1. The van der Waals surface area contributed by atoms with Crippen molar-refractivity contribution in [3.05, 3.63) is 77.1 Å². The Morgan fingerprint density at radius 2 is 1.76 bits per heavy atom. The van der Waals surface area contributed by atoms with E-state index >= 15 is 0 Å². The molecule has 0 saturated heterocycles. The summed E-state index contributed by atoms with van der Waals surface area (Å²) in [6.07, 6.45) is 0. The van der Waals surface area contributed by atoms with Crippen LogP contribution in [0, 0.1) is 13.8 Å². The Bertz CT molecular complexity index is 885. The second-order valence-electron chi connectivity index (χ2n) is 5.79. The fraction of sp³-hybridized carbons (Fsp3) is 0.200. The van der Waals surface area contributed by atoms with Crippen molar-refractivity contribution in [2.45, 2.75) is 20.4 Å². The van der Waals surface area contributed by atoms with E-state index in [4.69, 9.17) is 4.74 Å². The second kappa shape index (κ2) is 7.21. The van der Waals surface area contributed by atoms with E-state index in [1.807, 2.05) is 68.4 Å². The number of carbonyl (C=O) groups excluding carboxylic acids is 1. The number of hydrogen-bond acceptors (Lipinski definition) is 3. The summed E-state index contributed by atoms with van der Waals surface area (Å²) in [7, 11) is 1.62. The van der Waals surface area contributed by atoms with Crippen molar-refractivity contribution in [3.8, 4) is 11.4 Å². The molecule has 5 nitrogen and oxygen atoms in total. The van der Waals surface area contributed by atoms with Crippen molar-refractivity contribution in [3.63, 3.8) is 0 Å². The highest BCUT2D eigenvalue weighted by molar-refractivity contribution is 5.96. The van der Waals surface area contributed by atoms with E-state index in [0.29, 0.717) is 17.8 Å². The molecule has 5 heteroatoms. The molecule has 0 unspecified atom stereocenters. The third-order valence-electron chi connectivity index (χ3n) is 4.15. The lowest BCUT2D eigenvalue weighted by atomic mass is 10.1. The molecule has 0 spiro atoms. The fourth-order valence-corrected chi connectivity index (χ4v) is 2.90. The van der Waals surface area contributed by atoms with E-state index in [0.717, 1.165) is 22.7 Å². The van der Waals surface area contributed by atoms with Gasteiger partial charge in [0.2, 0.25) is 0 Å². The predicted octanol–water partition coefficient (Wildman–Crippen LogP) is 3.43. The van der Waals surface area contributed by atoms with Gasteiger partial charge in [0.15, 0.2) is 0 Å². The van der Waals surface area contributed by atoms with Gasteiger partial charge in [0.1, 0.15) is 5.75 Å². The number of methoxy groups -OCH3 is 1. The molecule has 2 aromatic carbocycles. The van der Waals surface area contributed by atoms with E-state index in [2.05, 4.69) is 10.4 Å². The Balaban J connectivity index is 1.82. The summed E-state index contributed by atoms with van der Waals surface area (Å²) in [6, 6.07) is 17.4. The number of carbonyl (C=O) groups is 1. The van der Waals surface area contributed by atoms with Gasteiger partial charge in [0.25, 0.3) is 5.91 Å². The molecule has 1 heterocycles. The molecule has 3 aromatic rings. The average molecular weight is 335 g/mol. The molecule has 3 rings (SSSR count). The topological polar surface area (TPSA) is 56.1 Å². The first kappa shape index (κ1) is 16.8. The van der Waals surface area contributed by atoms with Crippen LogP contribution in [0.3, 0.4) is 0 Å². The highest BCUT2D eigenvalue weighted by Crippen LogP contribution is 2.19. The van der Waals surface area contributed by atoms with Crippen LogP contribution in [0.2, 0.25) is 0 Å². The van der Waals surface area contributed by atoms with Crippen molar-refractivity contribution in [2.75, 3.05) is 7.11 Å². The first-order chi connectivity index (χ1) is 12.1. The number of amides is 1. The van der Waals surface area contributed by atoms with E-state index in [9.17, 15) is 4.79 Å². The zero-order valence-electron chi connectivity index (χ0n) is 14.6. The molecule has 0 atom stereocenters. The fourth-order valence-electron chi connectivity index (χ4n) is 2.90. The van der Waals surface area contributed by atoms with E-state index in [1.165, 1.54) is 0 Å². The van der Waals surface area contributed by atoms with Gasteiger partial charge in [-0.15, -0.1) is 0 Å². The van der Waals surface area contributed by atoms with Crippen LogP contribution >= 0.6 is 0 Å². The number of nitrogens with one attached hydrogen (secondary N) is 1. The van der Waals surface area contributed by atoms with Crippen LogP contribution in [0.5, 0.6) is 5.75 Å². The number of ether oxygens (including phenoxy) is 1. The summed E-state index contributed by atoms with van der Waals surface area (Å²) in [5.74, 6) is 0.624. The second-order valence-corrected chi connectivity index (χ2v) is 5.79. The molecule has 0 aliphatic rings. The van der Waals surface area contributed by atoms with Crippen LogP contribution in [-0.2, 0) is 6.54 Å². The standard InChI is InChI=1S/C20H21N3O2/c1-14-19(15(2)23(22-14)17-10-5-4-6-11-17)20(24)21-13-16-9-7-8-12-18(16)25-3/h4-12H,13H2,1-3H3,(H,21,24). The summed E-state index contributed by atoms with van der Waals surface area (Å²) in [4.78, 5) is 12.7. The van der Waals surface area contributed by atoms with Gasteiger partial charge < -0.3 is 10.1 Å². The van der Waals surface area contributed by atoms with Crippen LogP contribution in [0.15, 0.2) is 54.6 Å². The Hall–Kier alpha value is -3.08. The number of aromatic nitrogens is 2. The predicted molar refractivity (Wildman–Crippen MR) is 97.2 cm³/mol. The Labute approximate surface area is 147 Å². The van der Waals surface area contributed by atoms with Gasteiger partial charge in [-0.05, 0) is 32.0 Å². The molecule has 0 aliphatic heterocycles. The van der Waals surface area contributed by atoms with Crippen LogP contribution in [0.4, 0.5) is 0 Å². The van der Waals surface area contributed by atoms with Crippen LogP contribution < -0.4 is 10.1 Å². The lowest BCUT2D eigenvalue weighted by molar-refractivity contribution is 0.0949. The minimum absolute atomic E-state index is 0.136. The third-order valence-corrected chi connectivity index (χ3v) is 4.15. The summed E-state index contributed by atoms with van der Waals surface area (Å²) in [5, 5.41) is 7.49. The maximum atomic E-state index is 12.7. The highest BCUT2D eigenvalue weighted by atomic mass is 16.5. The Morgan fingerprint density at radius 3 is 2.48 bits per heavy atom. The number of benzene rings is 2. The quantitative estimate of drug-likeness (QED) is 0.777. The zero-order valence-corrected chi connectivity index (χ0v) is 14.6. The molecule has 1 amide bonds. The molecular weight excluding hydrogens is 314 g/mol. The summed E-state index contributed by atoms with van der Waals surface area (Å²) in [6.45, 7) is 4.16. The van der Waals surface area contributed by atoms with E-state index in [1.54, 1.807) is 11.8 Å². The summed E-state index contributed by atoms with van der Waals surface area (Å²) >= 11 is 0. The molecule has 1 N–H and O–H groups in total. The van der Waals surface area contributed by atoms with Crippen molar-refractivity contribution in [1.29, 1.82) is 0 Å². The van der Waals surface area contributed by atoms with Gasteiger partial charge >= 0.3 is 0 Å². The number of nitrogens with zero attached hydrogens (tertiary/aromatic N) is 2. The van der Waals surface area contributed by atoms with Crippen LogP contribution in [-0.4, -0.2) is 22.8 Å². The summed E-state index contributed by atoms with van der Waals surface area (Å²) < 4.78 is 7.12. The average Bonchev–Trinajstić information content (AvgIpc) is 2.95. The molecule has 128 valence electrons. The maximum Gasteiger partial charge on any atom is 0.255 e. The molecule has 0 aliphatic carbocycles. The maximum absolute atomic E-state index is 12.7. The first-order valence-corrected chi connectivity index (χ1v) is 8.13. The molecule has 0 fully saturated rings. The number of rotatable bonds is 5. The number of hydrogen-bond donors (Lipinski definition) is 1. The van der Waals surface area contributed by atoms with Crippen LogP contribution in [0.25, 0.3) is 5.69 Å². The molecule has 1 aromatic heterocycles. The van der Waals surface area contributed by atoms with Gasteiger partial charge in [-0.1, -0.05) is 36.4 Å². The molecular formula is C20H21N3O2. The van der Waals surface area contributed by atoms with Gasteiger partial charge in [-0.3, -0.25) is 4.79 Å². The smallest absolute Gasteiger partial charge is 0.255 e. The molecule has 0 bridgehead atoms. The van der Waals surface area contributed by atoms with Crippen molar-refractivity contribution < 1.29 is 9.53 Å². The largest absolute Gasteiger partial charge is 0.496 e. The van der Waals surface area contributed by atoms with Crippen molar-refractivity contribution >= 4 is 5.91 Å². The highest BCUT2D eigenvalue weighted by Gasteiger charge is 2.19. The number of para-hydroxylation sites is 2. The minimum Gasteiger partial charge on any atom is -0.496 e. The summed E-state index contributed by atoms with van der Waals surface area (Å²) in [5.41, 5.74) is 4.01. The molecule has 25 heavy (non-hydrogen) atoms. The van der Waals surface area contributed by atoms with E-state index < -0.39 is 0 Å². The SMILES string of the molecule is COc1ccccc1CNC(=O)c1c(C)nn(-c2ccccc2)c1C. The first-order valence-electron chi connectivity index (χ1n) is 8.13. The normalized spacial score (nSPS) is 10.5. The monoisotopic (exact) mass is 335 g/mol. The van der Waals surface area contributed by atoms with Gasteiger partial charge in [0.05, 0.1) is 29.7 Å². The third kappa shape index (κ3) is 3.40. The van der Waals surface area contributed by atoms with E-state index in [-0.39, 0.29) is 5.91 Å². The van der Waals surface area contributed by atoms with Crippen molar-refractivity contribution in [2.24, 2.45) is 0 Å². The lowest BCUT2D eigenvalue weighted by Gasteiger charge is -2.10.